The van der Waals surface area contributed by atoms with Crippen LogP contribution in [-0.2, 0) is 4.79 Å². The van der Waals surface area contributed by atoms with Gasteiger partial charge in [0.05, 0.1) is 10.9 Å². The maximum absolute atomic E-state index is 11.3. The van der Waals surface area contributed by atoms with Gasteiger partial charge >= 0.3 is 0 Å². The molecule has 1 aromatic carbocycles. The number of anilines is 1. The van der Waals surface area contributed by atoms with Gasteiger partial charge in [-0.2, -0.15) is 0 Å². The van der Waals surface area contributed by atoms with E-state index in [0.717, 1.165) is 5.69 Å². The number of thioether (sulfide) groups is 1. The van der Waals surface area contributed by atoms with Gasteiger partial charge in [0.1, 0.15) is 0 Å². The molecule has 0 aromatic heterocycles. The predicted molar refractivity (Wildman–Crippen MR) is 55.1 cm³/mol. The number of hydrogen-bond donors (Lipinski definition) is 1. The van der Waals surface area contributed by atoms with Crippen molar-refractivity contribution in [1.29, 1.82) is 0 Å². The summed E-state index contributed by atoms with van der Waals surface area (Å²) in [6.45, 7) is 3.98. The Balaban J connectivity index is 2.42. The molecule has 1 aliphatic heterocycles. The van der Waals surface area contributed by atoms with Gasteiger partial charge in [-0.25, -0.2) is 0 Å². The minimum Gasteiger partial charge on any atom is -0.324 e. The van der Waals surface area contributed by atoms with Crippen LogP contribution >= 0.6 is 11.8 Å². The quantitative estimate of drug-likeness (QED) is 0.685. The summed E-state index contributed by atoms with van der Waals surface area (Å²) in [4.78, 5) is 12.5. The van der Waals surface area contributed by atoms with Crippen molar-refractivity contribution in [1.82, 2.24) is 0 Å². The van der Waals surface area contributed by atoms with Gasteiger partial charge in [-0.1, -0.05) is 6.07 Å². The highest BCUT2D eigenvalue weighted by Gasteiger charge is 2.22. The summed E-state index contributed by atoms with van der Waals surface area (Å²) in [5.74, 6) is 0.0985. The molecule has 0 bridgehead atoms. The van der Waals surface area contributed by atoms with E-state index in [9.17, 15) is 4.79 Å². The molecule has 0 saturated carbocycles. The van der Waals surface area contributed by atoms with Crippen molar-refractivity contribution in [2.24, 2.45) is 0 Å². The zero-order valence-corrected chi connectivity index (χ0v) is 8.44. The molecule has 1 amide bonds. The molecule has 13 heavy (non-hydrogen) atoms. The van der Waals surface area contributed by atoms with Crippen molar-refractivity contribution >= 4 is 23.4 Å². The lowest BCUT2D eigenvalue weighted by molar-refractivity contribution is -0.115. The van der Waals surface area contributed by atoms with Gasteiger partial charge < -0.3 is 5.32 Å². The molecule has 0 radical (unpaired) electrons. The smallest absolute Gasteiger partial charge is 0.237 e. The van der Waals surface area contributed by atoms with Crippen LogP contribution in [-0.4, -0.2) is 11.2 Å². The highest BCUT2D eigenvalue weighted by Crippen LogP contribution is 2.35. The Morgan fingerprint density at radius 1 is 1.46 bits per heavy atom. The molecule has 1 aromatic rings. The first-order chi connectivity index (χ1) is 6.16. The Morgan fingerprint density at radius 2 is 2.23 bits per heavy atom. The second kappa shape index (κ2) is 3.07. The number of aryl methyl sites for hydroxylation is 1. The Labute approximate surface area is 81.7 Å². The van der Waals surface area contributed by atoms with E-state index in [1.807, 2.05) is 19.1 Å². The highest BCUT2D eigenvalue weighted by molar-refractivity contribution is 8.00. The largest absolute Gasteiger partial charge is 0.324 e. The number of hydrogen-bond acceptors (Lipinski definition) is 2. The van der Waals surface area contributed by atoms with Crippen LogP contribution in [0.5, 0.6) is 0 Å². The fraction of sp³-hybridized carbons (Fsp3) is 0.300. The molecule has 0 aliphatic carbocycles. The number of nitrogens with one attached hydrogen (secondary N) is 1. The zero-order valence-electron chi connectivity index (χ0n) is 7.63. The van der Waals surface area contributed by atoms with Crippen LogP contribution in [0.1, 0.15) is 12.5 Å². The molecule has 0 fully saturated rings. The summed E-state index contributed by atoms with van der Waals surface area (Å²) in [6.07, 6.45) is 0. The van der Waals surface area contributed by atoms with Crippen LogP contribution in [0.2, 0.25) is 0 Å². The molecule has 0 spiro atoms. The highest BCUT2D eigenvalue weighted by atomic mass is 32.2. The summed E-state index contributed by atoms with van der Waals surface area (Å²) in [7, 11) is 0. The standard InChI is InChI=1S/C10H11NOS/c1-6-3-4-8-9(5-6)13-7(2)10(12)11-8/h3-5,7H,1-2H3,(H,11,12). The van der Waals surface area contributed by atoms with E-state index in [2.05, 4.69) is 18.3 Å². The lowest BCUT2D eigenvalue weighted by atomic mass is 10.2. The monoisotopic (exact) mass is 193 g/mol. The average Bonchev–Trinajstić information content (AvgIpc) is 2.08. The second-order valence-electron chi connectivity index (χ2n) is 3.25. The number of amides is 1. The van der Waals surface area contributed by atoms with E-state index in [0.29, 0.717) is 0 Å². The van der Waals surface area contributed by atoms with Gasteiger partial charge in [-0.3, -0.25) is 4.79 Å². The summed E-state index contributed by atoms with van der Waals surface area (Å²) in [5.41, 5.74) is 2.17. The van der Waals surface area contributed by atoms with Crippen molar-refractivity contribution in [2.75, 3.05) is 5.32 Å². The fourth-order valence-corrected chi connectivity index (χ4v) is 2.36. The molecule has 2 nitrogen and oxygen atoms in total. The molecule has 1 N–H and O–H groups in total. The Morgan fingerprint density at radius 3 is 3.00 bits per heavy atom. The van der Waals surface area contributed by atoms with Gasteiger partial charge in [0.25, 0.3) is 0 Å². The predicted octanol–water partition coefficient (Wildman–Crippen LogP) is 2.43. The molecular weight excluding hydrogens is 182 g/mol. The SMILES string of the molecule is Cc1ccc2c(c1)SC(C)C(=O)N2. The van der Waals surface area contributed by atoms with Gasteiger partial charge in [-0.15, -0.1) is 11.8 Å². The van der Waals surface area contributed by atoms with Crippen molar-refractivity contribution < 1.29 is 4.79 Å². The molecule has 1 unspecified atom stereocenters. The van der Waals surface area contributed by atoms with Crippen LogP contribution in [0.3, 0.4) is 0 Å². The molecule has 1 aliphatic rings. The molecule has 1 heterocycles. The normalized spacial score (nSPS) is 20.8. The number of rotatable bonds is 0. The third kappa shape index (κ3) is 1.56. The van der Waals surface area contributed by atoms with Crippen molar-refractivity contribution in [3.05, 3.63) is 23.8 Å². The third-order valence-corrected chi connectivity index (χ3v) is 3.23. The first-order valence-electron chi connectivity index (χ1n) is 4.25. The van der Waals surface area contributed by atoms with Crippen molar-refractivity contribution in [3.63, 3.8) is 0 Å². The van der Waals surface area contributed by atoms with Gasteiger partial charge in [0.15, 0.2) is 0 Å². The van der Waals surface area contributed by atoms with Crippen LogP contribution in [0.25, 0.3) is 0 Å². The Bertz CT molecular complexity index is 362. The molecular formula is C10H11NOS. The van der Waals surface area contributed by atoms with Gasteiger partial charge in [0, 0.05) is 4.90 Å². The molecule has 3 heteroatoms. The van der Waals surface area contributed by atoms with E-state index < -0.39 is 0 Å². The first kappa shape index (κ1) is 8.63. The van der Waals surface area contributed by atoms with Crippen LogP contribution in [0.15, 0.2) is 23.1 Å². The Kier molecular flexibility index (Phi) is 2.04. The van der Waals surface area contributed by atoms with E-state index in [1.54, 1.807) is 11.8 Å². The minimum atomic E-state index is 0.0225. The van der Waals surface area contributed by atoms with Crippen LogP contribution < -0.4 is 5.32 Å². The number of benzene rings is 1. The lowest BCUT2D eigenvalue weighted by Crippen LogP contribution is -2.26. The average molecular weight is 193 g/mol. The molecule has 68 valence electrons. The maximum atomic E-state index is 11.3. The number of fused-ring (bicyclic) bond motifs is 1. The minimum absolute atomic E-state index is 0.0225. The fourth-order valence-electron chi connectivity index (χ4n) is 1.31. The second-order valence-corrected chi connectivity index (χ2v) is 4.63. The molecule has 1 atom stereocenters. The topological polar surface area (TPSA) is 29.1 Å². The first-order valence-corrected chi connectivity index (χ1v) is 5.13. The summed E-state index contributed by atoms with van der Waals surface area (Å²) >= 11 is 1.62. The molecule has 0 saturated heterocycles. The third-order valence-electron chi connectivity index (χ3n) is 2.07. The zero-order chi connectivity index (χ0) is 9.42. The van der Waals surface area contributed by atoms with E-state index in [4.69, 9.17) is 0 Å². The van der Waals surface area contributed by atoms with Crippen LogP contribution in [0.4, 0.5) is 5.69 Å². The van der Waals surface area contributed by atoms with E-state index in [1.165, 1.54) is 10.5 Å². The number of carbonyl (C=O) groups excluding carboxylic acids is 1. The van der Waals surface area contributed by atoms with E-state index in [-0.39, 0.29) is 11.2 Å². The van der Waals surface area contributed by atoms with Gasteiger partial charge in [-0.05, 0) is 31.5 Å². The summed E-state index contributed by atoms with van der Waals surface area (Å²) < 4.78 is 0. The Hall–Kier alpha value is -0.960. The maximum Gasteiger partial charge on any atom is 0.237 e. The van der Waals surface area contributed by atoms with E-state index >= 15 is 0 Å². The number of carbonyl (C=O) groups is 1. The van der Waals surface area contributed by atoms with Crippen molar-refractivity contribution in [3.8, 4) is 0 Å². The van der Waals surface area contributed by atoms with Crippen molar-refractivity contribution in [2.45, 2.75) is 24.0 Å². The van der Waals surface area contributed by atoms with Crippen LogP contribution in [0, 0.1) is 6.92 Å². The van der Waals surface area contributed by atoms with Gasteiger partial charge in [0.2, 0.25) is 5.91 Å². The summed E-state index contributed by atoms with van der Waals surface area (Å²) in [6, 6.07) is 6.08. The lowest BCUT2D eigenvalue weighted by Gasteiger charge is -2.21. The summed E-state index contributed by atoms with van der Waals surface area (Å²) in [5, 5.41) is 2.90. The molecule has 2 rings (SSSR count).